The van der Waals surface area contributed by atoms with Gasteiger partial charge in [0.25, 0.3) is 0 Å². The molecule has 4 nitrogen and oxygen atoms in total. The molecule has 0 saturated carbocycles. The molecular formula is C16H32O4. The Bertz CT molecular complexity index is 219. The van der Waals surface area contributed by atoms with Crippen LogP contribution in [-0.4, -0.2) is 35.5 Å². The Kier molecular flexibility index (Phi) is 14.3. The third kappa shape index (κ3) is 13.8. The SMILES string of the molecule is CCOC(=O)CCCCCCCCCCCC(O)CO. The molecule has 0 fully saturated rings. The molecule has 0 bridgehead atoms. The maximum Gasteiger partial charge on any atom is 0.305 e. The average Bonchev–Trinajstić information content (AvgIpc) is 2.44. The van der Waals surface area contributed by atoms with Crippen LogP contribution in [0.4, 0.5) is 0 Å². The van der Waals surface area contributed by atoms with Crippen molar-refractivity contribution in [3.63, 3.8) is 0 Å². The van der Waals surface area contributed by atoms with Gasteiger partial charge in [0.2, 0.25) is 0 Å². The van der Waals surface area contributed by atoms with Crippen molar-refractivity contribution in [2.24, 2.45) is 0 Å². The van der Waals surface area contributed by atoms with Crippen molar-refractivity contribution in [3.05, 3.63) is 0 Å². The minimum Gasteiger partial charge on any atom is -0.466 e. The molecule has 0 radical (unpaired) electrons. The highest BCUT2D eigenvalue weighted by molar-refractivity contribution is 5.69. The minimum absolute atomic E-state index is 0.0717. The van der Waals surface area contributed by atoms with E-state index < -0.39 is 6.10 Å². The first kappa shape index (κ1) is 19.4. The van der Waals surface area contributed by atoms with Crippen LogP contribution in [0.1, 0.15) is 77.6 Å². The Hall–Kier alpha value is -0.610. The second-order valence-electron chi connectivity index (χ2n) is 5.36. The number of carbonyl (C=O) groups excluding carboxylic acids is 1. The van der Waals surface area contributed by atoms with Gasteiger partial charge in [0.05, 0.1) is 19.3 Å². The zero-order chi connectivity index (χ0) is 15.1. The molecule has 0 heterocycles. The Labute approximate surface area is 123 Å². The van der Waals surface area contributed by atoms with Crippen LogP contribution in [0.2, 0.25) is 0 Å². The molecule has 0 saturated heterocycles. The number of aliphatic hydroxyl groups excluding tert-OH is 2. The number of hydrogen-bond donors (Lipinski definition) is 2. The fourth-order valence-electron chi connectivity index (χ4n) is 2.21. The number of rotatable bonds is 14. The predicted octanol–water partition coefficient (Wildman–Crippen LogP) is 3.19. The summed E-state index contributed by atoms with van der Waals surface area (Å²) < 4.78 is 4.88. The Morgan fingerprint density at radius 3 is 1.95 bits per heavy atom. The average molecular weight is 288 g/mol. The summed E-state index contributed by atoms with van der Waals surface area (Å²) >= 11 is 0. The normalized spacial score (nSPS) is 12.3. The van der Waals surface area contributed by atoms with Crippen LogP contribution >= 0.6 is 0 Å². The van der Waals surface area contributed by atoms with Gasteiger partial charge >= 0.3 is 5.97 Å². The molecule has 1 unspecified atom stereocenters. The van der Waals surface area contributed by atoms with Crippen molar-refractivity contribution < 1.29 is 19.7 Å². The molecule has 0 spiro atoms. The van der Waals surface area contributed by atoms with E-state index >= 15 is 0 Å². The van der Waals surface area contributed by atoms with Gasteiger partial charge in [-0.15, -0.1) is 0 Å². The molecule has 0 aliphatic carbocycles. The first-order valence-electron chi connectivity index (χ1n) is 8.15. The number of ether oxygens (including phenoxy) is 1. The van der Waals surface area contributed by atoms with E-state index in [2.05, 4.69) is 0 Å². The number of hydrogen-bond acceptors (Lipinski definition) is 4. The van der Waals surface area contributed by atoms with Crippen LogP contribution < -0.4 is 0 Å². The van der Waals surface area contributed by atoms with Gasteiger partial charge in [-0.25, -0.2) is 0 Å². The van der Waals surface area contributed by atoms with Crippen molar-refractivity contribution in [1.29, 1.82) is 0 Å². The van der Waals surface area contributed by atoms with Gasteiger partial charge in [0.15, 0.2) is 0 Å². The van der Waals surface area contributed by atoms with Crippen LogP contribution in [0.25, 0.3) is 0 Å². The highest BCUT2D eigenvalue weighted by Gasteiger charge is 2.01. The Morgan fingerprint density at radius 1 is 0.950 bits per heavy atom. The Morgan fingerprint density at radius 2 is 1.45 bits per heavy atom. The lowest BCUT2D eigenvalue weighted by molar-refractivity contribution is -0.143. The van der Waals surface area contributed by atoms with Gasteiger partial charge < -0.3 is 14.9 Å². The molecule has 1 atom stereocenters. The van der Waals surface area contributed by atoms with Crippen LogP contribution in [0.5, 0.6) is 0 Å². The molecular weight excluding hydrogens is 256 g/mol. The molecule has 0 aliphatic rings. The van der Waals surface area contributed by atoms with Crippen LogP contribution in [0.15, 0.2) is 0 Å². The fraction of sp³-hybridized carbons (Fsp3) is 0.938. The molecule has 120 valence electrons. The van der Waals surface area contributed by atoms with Crippen molar-refractivity contribution in [2.75, 3.05) is 13.2 Å². The van der Waals surface area contributed by atoms with Crippen molar-refractivity contribution in [3.8, 4) is 0 Å². The summed E-state index contributed by atoms with van der Waals surface area (Å²) in [7, 11) is 0. The summed E-state index contributed by atoms with van der Waals surface area (Å²) in [6, 6.07) is 0. The standard InChI is InChI=1S/C16H32O4/c1-2-20-16(19)13-11-9-7-5-3-4-6-8-10-12-15(18)14-17/h15,17-18H,2-14H2,1H3. The summed E-state index contributed by atoms with van der Waals surface area (Å²) in [5.74, 6) is -0.0717. The van der Waals surface area contributed by atoms with E-state index in [4.69, 9.17) is 9.84 Å². The predicted molar refractivity (Wildman–Crippen MR) is 80.5 cm³/mol. The molecule has 0 aromatic heterocycles. The van der Waals surface area contributed by atoms with E-state index in [1.807, 2.05) is 6.92 Å². The summed E-state index contributed by atoms with van der Waals surface area (Å²) in [5.41, 5.74) is 0. The number of esters is 1. The quantitative estimate of drug-likeness (QED) is 0.380. The van der Waals surface area contributed by atoms with Crippen LogP contribution in [0.3, 0.4) is 0 Å². The van der Waals surface area contributed by atoms with Crippen molar-refractivity contribution >= 4 is 5.97 Å². The molecule has 4 heteroatoms. The lowest BCUT2D eigenvalue weighted by atomic mass is 10.0. The van der Waals surface area contributed by atoms with Crippen molar-refractivity contribution in [1.82, 2.24) is 0 Å². The van der Waals surface area contributed by atoms with Gasteiger partial charge in [-0.2, -0.15) is 0 Å². The molecule has 0 amide bonds. The second kappa shape index (κ2) is 14.8. The van der Waals surface area contributed by atoms with Gasteiger partial charge in [-0.3, -0.25) is 4.79 Å². The molecule has 0 aliphatic heterocycles. The third-order valence-corrected chi connectivity index (χ3v) is 3.43. The van der Waals surface area contributed by atoms with Crippen LogP contribution in [0, 0.1) is 0 Å². The largest absolute Gasteiger partial charge is 0.466 e. The molecule has 0 rings (SSSR count). The lowest BCUT2D eigenvalue weighted by Crippen LogP contribution is -2.10. The van der Waals surface area contributed by atoms with E-state index in [0.717, 1.165) is 25.7 Å². The van der Waals surface area contributed by atoms with E-state index in [0.29, 0.717) is 19.4 Å². The smallest absolute Gasteiger partial charge is 0.305 e. The monoisotopic (exact) mass is 288 g/mol. The minimum atomic E-state index is -0.533. The van der Waals surface area contributed by atoms with Gasteiger partial charge in [-0.05, 0) is 19.8 Å². The Balaban J connectivity index is 3.08. The zero-order valence-corrected chi connectivity index (χ0v) is 13.0. The van der Waals surface area contributed by atoms with E-state index in [9.17, 15) is 9.90 Å². The molecule has 2 N–H and O–H groups in total. The summed E-state index contributed by atoms with van der Waals surface area (Å²) in [4.78, 5) is 11.1. The topological polar surface area (TPSA) is 66.8 Å². The number of aliphatic hydroxyl groups is 2. The van der Waals surface area contributed by atoms with E-state index in [-0.39, 0.29) is 12.6 Å². The maximum absolute atomic E-state index is 11.1. The molecule has 20 heavy (non-hydrogen) atoms. The van der Waals surface area contributed by atoms with Crippen LogP contribution in [-0.2, 0) is 9.53 Å². The molecule has 0 aromatic carbocycles. The van der Waals surface area contributed by atoms with Crippen molar-refractivity contribution in [2.45, 2.75) is 83.7 Å². The summed E-state index contributed by atoms with van der Waals surface area (Å²) in [6.07, 6.45) is 11.1. The van der Waals surface area contributed by atoms with Gasteiger partial charge in [-0.1, -0.05) is 51.4 Å². The van der Waals surface area contributed by atoms with E-state index in [1.54, 1.807) is 0 Å². The maximum atomic E-state index is 11.1. The highest BCUT2D eigenvalue weighted by atomic mass is 16.5. The first-order valence-corrected chi connectivity index (χ1v) is 8.15. The summed E-state index contributed by atoms with van der Waals surface area (Å²) in [6.45, 7) is 2.20. The van der Waals surface area contributed by atoms with Gasteiger partial charge in [0, 0.05) is 6.42 Å². The summed E-state index contributed by atoms with van der Waals surface area (Å²) in [5, 5.41) is 17.8. The first-order chi connectivity index (χ1) is 9.70. The highest BCUT2D eigenvalue weighted by Crippen LogP contribution is 2.12. The van der Waals surface area contributed by atoms with Gasteiger partial charge in [0.1, 0.15) is 0 Å². The number of unbranched alkanes of at least 4 members (excludes halogenated alkanes) is 8. The fourth-order valence-corrected chi connectivity index (χ4v) is 2.21. The molecule has 0 aromatic rings. The second-order valence-corrected chi connectivity index (χ2v) is 5.36. The number of carbonyl (C=O) groups is 1. The zero-order valence-electron chi connectivity index (χ0n) is 13.0. The lowest BCUT2D eigenvalue weighted by Gasteiger charge is -2.06. The van der Waals surface area contributed by atoms with E-state index in [1.165, 1.54) is 32.1 Å². The third-order valence-electron chi connectivity index (χ3n) is 3.43.